The van der Waals surface area contributed by atoms with Gasteiger partial charge in [-0.2, -0.15) is 0 Å². The summed E-state index contributed by atoms with van der Waals surface area (Å²) in [5.74, 6) is 0.755. The third-order valence-corrected chi connectivity index (χ3v) is 3.91. The second-order valence-corrected chi connectivity index (χ2v) is 6.61. The summed E-state index contributed by atoms with van der Waals surface area (Å²) >= 11 is 0. The quantitative estimate of drug-likeness (QED) is 0.819. The number of nitrogens with zero attached hydrogens (tertiary/aromatic N) is 2. The van der Waals surface area contributed by atoms with Crippen molar-refractivity contribution in [2.45, 2.75) is 46.0 Å². The van der Waals surface area contributed by atoms with Crippen LogP contribution in [0.1, 0.15) is 45.4 Å². The molecular weight excluding hydrogens is 236 g/mol. The van der Waals surface area contributed by atoms with Crippen LogP contribution in [-0.4, -0.2) is 28.9 Å². The topological polar surface area (TPSA) is 33.2 Å². The molecular formula is C16H24N2O. The number of likely N-dealkylation sites (tertiary alicyclic amines) is 1. The van der Waals surface area contributed by atoms with E-state index in [9.17, 15) is 4.79 Å². The lowest BCUT2D eigenvalue weighted by Crippen LogP contribution is -2.26. The molecule has 0 N–H and O–H groups in total. The number of hydrogen-bond donors (Lipinski definition) is 0. The average Bonchev–Trinajstić information content (AvgIpc) is 2.77. The maximum Gasteiger partial charge on any atom is 0.219 e. The molecule has 1 unspecified atom stereocenters. The SMILES string of the molecule is CC(=O)N1CCC(Cc2cc(C(C)(C)C)ccn2)C1. The van der Waals surface area contributed by atoms with Crippen LogP contribution >= 0.6 is 0 Å². The molecule has 1 atom stereocenters. The summed E-state index contributed by atoms with van der Waals surface area (Å²) in [5.41, 5.74) is 2.65. The van der Waals surface area contributed by atoms with Gasteiger partial charge in [0.1, 0.15) is 0 Å². The van der Waals surface area contributed by atoms with Gasteiger partial charge in [-0.1, -0.05) is 20.8 Å². The Morgan fingerprint density at radius 3 is 2.79 bits per heavy atom. The van der Waals surface area contributed by atoms with Crippen LogP contribution in [-0.2, 0) is 16.6 Å². The molecule has 0 spiro atoms. The summed E-state index contributed by atoms with van der Waals surface area (Å²) in [5, 5.41) is 0. The van der Waals surface area contributed by atoms with Gasteiger partial charge < -0.3 is 4.90 Å². The van der Waals surface area contributed by atoms with Crippen LogP contribution in [0.4, 0.5) is 0 Å². The first-order valence-corrected chi connectivity index (χ1v) is 7.07. The average molecular weight is 260 g/mol. The first-order valence-electron chi connectivity index (χ1n) is 7.07. The van der Waals surface area contributed by atoms with Crippen molar-refractivity contribution >= 4 is 5.91 Å². The second kappa shape index (κ2) is 5.32. The van der Waals surface area contributed by atoms with Crippen LogP contribution in [0, 0.1) is 5.92 Å². The third kappa shape index (κ3) is 3.55. The van der Waals surface area contributed by atoms with E-state index in [0.29, 0.717) is 5.92 Å². The Morgan fingerprint density at radius 2 is 2.21 bits per heavy atom. The second-order valence-electron chi connectivity index (χ2n) is 6.61. The molecule has 1 aliphatic heterocycles. The Kier molecular flexibility index (Phi) is 3.93. The maximum absolute atomic E-state index is 11.3. The number of carbonyl (C=O) groups is 1. The molecule has 3 nitrogen and oxygen atoms in total. The van der Waals surface area contributed by atoms with E-state index < -0.39 is 0 Å². The van der Waals surface area contributed by atoms with Gasteiger partial charge in [0.2, 0.25) is 5.91 Å². The number of aromatic nitrogens is 1. The molecule has 1 aliphatic rings. The molecule has 2 rings (SSSR count). The summed E-state index contributed by atoms with van der Waals surface area (Å²) in [6.45, 7) is 10.1. The minimum atomic E-state index is 0.165. The number of amides is 1. The summed E-state index contributed by atoms with van der Waals surface area (Å²) in [7, 11) is 0. The fourth-order valence-corrected chi connectivity index (χ4v) is 2.64. The van der Waals surface area contributed by atoms with Gasteiger partial charge in [-0.25, -0.2) is 0 Å². The standard InChI is InChI=1S/C16H24N2O/c1-12(19)18-8-6-13(11-18)9-15-10-14(5-7-17-15)16(2,3)4/h5,7,10,13H,6,8-9,11H2,1-4H3. The highest BCUT2D eigenvalue weighted by Crippen LogP contribution is 2.24. The van der Waals surface area contributed by atoms with Crippen LogP contribution in [0.3, 0.4) is 0 Å². The van der Waals surface area contributed by atoms with Gasteiger partial charge in [-0.15, -0.1) is 0 Å². The van der Waals surface area contributed by atoms with Gasteiger partial charge in [-0.3, -0.25) is 9.78 Å². The van der Waals surface area contributed by atoms with Crippen molar-refractivity contribution < 1.29 is 4.79 Å². The molecule has 3 heteroatoms. The molecule has 1 fully saturated rings. The fraction of sp³-hybridized carbons (Fsp3) is 0.625. The fourth-order valence-electron chi connectivity index (χ4n) is 2.64. The third-order valence-electron chi connectivity index (χ3n) is 3.91. The minimum Gasteiger partial charge on any atom is -0.343 e. The van der Waals surface area contributed by atoms with Gasteiger partial charge in [0.25, 0.3) is 0 Å². The molecule has 2 heterocycles. The lowest BCUT2D eigenvalue weighted by atomic mass is 9.86. The molecule has 0 saturated carbocycles. The molecule has 104 valence electrons. The highest BCUT2D eigenvalue weighted by atomic mass is 16.2. The number of pyridine rings is 1. The Labute approximate surface area is 116 Å². The van der Waals surface area contributed by atoms with E-state index in [2.05, 4.69) is 37.9 Å². The predicted octanol–water partition coefficient (Wildman–Crippen LogP) is 2.79. The van der Waals surface area contributed by atoms with Crippen LogP contribution in [0.5, 0.6) is 0 Å². The molecule has 0 aliphatic carbocycles. The van der Waals surface area contributed by atoms with Gasteiger partial charge in [0.15, 0.2) is 0 Å². The first-order chi connectivity index (χ1) is 8.86. The van der Waals surface area contributed by atoms with E-state index in [4.69, 9.17) is 0 Å². The molecule has 1 saturated heterocycles. The Balaban J connectivity index is 2.03. The van der Waals surface area contributed by atoms with Crippen LogP contribution in [0.2, 0.25) is 0 Å². The van der Waals surface area contributed by atoms with Gasteiger partial charge >= 0.3 is 0 Å². The van der Waals surface area contributed by atoms with Crippen molar-refractivity contribution in [1.29, 1.82) is 0 Å². The van der Waals surface area contributed by atoms with E-state index >= 15 is 0 Å². The molecule has 19 heavy (non-hydrogen) atoms. The largest absolute Gasteiger partial charge is 0.343 e. The van der Waals surface area contributed by atoms with Gasteiger partial charge in [0, 0.05) is 31.9 Å². The molecule has 0 aromatic carbocycles. The van der Waals surface area contributed by atoms with E-state index in [1.54, 1.807) is 6.92 Å². The molecule has 1 aromatic rings. The van der Waals surface area contributed by atoms with Crippen molar-refractivity contribution in [2.24, 2.45) is 5.92 Å². The van der Waals surface area contributed by atoms with Crippen molar-refractivity contribution in [1.82, 2.24) is 9.88 Å². The van der Waals surface area contributed by atoms with Crippen LogP contribution < -0.4 is 0 Å². The van der Waals surface area contributed by atoms with E-state index in [1.807, 2.05) is 11.1 Å². The van der Waals surface area contributed by atoms with Crippen molar-refractivity contribution in [3.05, 3.63) is 29.6 Å². The number of hydrogen-bond acceptors (Lipinski definition) is 2. The highest BCUT2D eigenvalue weighted by Gasteiger charge is 2.25. The Bertz CT molecular complexity index is 462. The summed E-state index contributed by atoms with van der Waals surface area (Å²) in [6.07, 6.45) is 3.99. The zero-order valence-corrected chi connectivity index (χ0v) is 12.4. The smallest absolute Gasteiger partial charge is 0.219 e. The van der Waals surface area contributed by atoms with E-state index in [1.165, 1.54) is 5.56 Å². The molecule has 0 radical (unpaired) electrons. The van der Waals surface area contributed by atoms with Crippen molar-refractivity contribution in [3.8, 4) is 0 Å². The summed E-state index contributed by atoms with van der Waals surface area (Å²) in [4.78, 5) is 17.8. The van der Waals surface area contributed by atoms with E-state index in [0.717, 1.165) is 31.6 Å². The van der Waals surface area contributed by atoms with Gasteiger partial charge in [0.05, 0.1) is 0 Å². The zero-order chi connectivity index (χ0) is 14.0. The Hall–Kier alpha value is -1.38. The monoisotopic (exact) mass is 260 g/mol. The van der Waals surface area contributed by atoms with Crippen molar-refractivity contribution in [2.75, 3.05) is 13.1 Å². The Morgan fingerprint density at radius 1 is 1.47 bits per heavy atom. The minimum absolute atomic E-state index is 0.165. The number of carbonyl (C=O) groups excluding carboxylic acids is 1. The highest BCUT2D eigenvalue weighted by molar-refractivity contribution is 5.73. The lowest BCUT2D eigenvalue weighted by Gasteiger charge is -2.20. The zero-order valence-electron chi connectivity index (χ0n) is 12.4. The van der Waals surface area contributed by atoms with Crippen LogP contribution in [0.25, 0.3) is 0 Å². The lowest BCUT2D eigenvalue weighted by molar-refractivity contribution is -0.127. The summed E-state index contributed by atoms with van der Waals surface area (Å²) in [6, 6.07) is 4.32. The predicted molar refractivity (Wildman–Crippen MR) is 77.0 cm³/mol. The molecule has 1 amide bonds. The van der Waals surface area contributed by atoms with Gasteiger partial charge in [-0.05, 0) is 41.9 Å². The normalized spacial score (nSPS) is 19.8. The molecule has 1 aromatic heterocycles. The molecule has 0 bridgehead atoms. The first kappa shape index (κ1) is 14.0. The summed E-state index contributed by atoms with van der Waals surface area (Å²) < 4.78 is 0. The maximum atomic E-state index is 11.3. The van der Waals surface area contributed by atoms with Crippen molar-refractivity contribution in [3.63, 3.8) is 0 Å². The van der Waals surface area contributed by atoms with Crippen LogP contribution in [0.15, 0.2) is 18.3 Å². The van der Waals surface area contributed by atoms with E-state index in [-0.39, 0.29) is 11.3 Å². The number of rotatable bonds is 2.